The quantitative estimate of drug-likeness (QED) is 0.569. The second kappa shape index (κ2) is 6.91. The van der Waals surface area contributed by atoms with Crippen molar-refractivity contribution in [3.63, 3.8) is 0 Å². The predicted octanol–water partition coefficient (Wildman–Crippen LogP) is 7.06. The van der Waals surface area contributed by atoms with Crippen LogP contribution in [0.3, 0.4) is 0 Å². The van der Waals surface area contributed by atoms with Gasteiger partial charge in [0.1, 0.15) is 0 Å². The molecular formula is C23H28. The van der Waals surface area contributed by atoms with Crippen molar-refractivity contribution in [2.75, 3.05) is 0 Å². The average molecular weight is 304 g/mol. The van der Waals surface area contributed by atoms with Crippen molar-refractivity contribution < 1.29 is 0 Å². The highest BCUT2D eigenvalue weighted by molar-refractivity contribution is 5.64. The normalized spacial score (nSPS) is 20.0. The molecule has 0 radical (unpaired) electrons. The first-order valence-electron chi connectivity index (χ1n) is 9.60. The zero-order chi connectivity index (χ0) is 15.5. The highest BCUT2D eigenvalue weighted by atomic mass is 14.2. The standard InChI is InChI=1S/C23H28/c1-2-7-19(8-3-1)22-11-6-12-23(17-22)21-15-13-20(14-16-21)18-9-4-5-10-18/h6,11-19H,1-5,7-10H2. The predicted molar refractivity (Wildman–Crippen MR) is 98.9 cm³/mol. The third kappa shape index (κ3) is 3.37. The van der Waals surface area contributed by atoms with Gasteiger partial charge in [0.25, 0.3) is 0 Å². The molecule has 0 bridgehead atoms. The Morgan fingerprint density at radius 1 is 0.522 bits per heavy atom. The molecule has 2 aromatic carbocycles. The highest BCUT2D eigenvalue weighted by Crippen LogP contribution is 2.36. The van der Waals surface area contributed by atoms with Crippen molar-refractivity contribution in [2.24, 2.45) is 0 Å². The summed E-state index contributed by atoms with van der Waals surface area (Å²) in [4.78, 5) is 0. The fourth-order valence-corrected chi connectivity index (χ4v) is 4.61. The first kappa shape index (κ1) is 15.0. The van der Waals surface area contributed by atoms with Gasteiger partial charge in [0.05, 0.1) is 0 Å². The van der Waals surface area contributed by atoms with Crippen molar-refractivity contribution in [1.82, 2.24) is 0 Å². The Kier molecular flexibility index (Phi) is 4.50. The summed E-state index contributed by atoms with van der Waals surface area (Å²) >= 11 is 0. The fourth-order valence-electron chi connectivity index (χ4n) is 4.61. The van der Waals surface area contributed by atoms with E-state index in [1.165, 1.54) is 68.9 Å². The molecule has 120 valence electrons. The van der Waals surface area contributed by atoms with Crippen molar-refractivity contribution in [3.05, 3.63) is 59.7 Å². The summed E-state index contributed by atoms with van der Waals surface area (Å²) in [5, 5.41) is 0. The lowest BCUT2D eigenvalue weighted by molar-refractivity contribution is 0.444. The summed E-state index contributed by atoms with van der Waals surface area (Å²) < 4.78 is 0. The van der Waals surface area contributed by atoms with Gasteiger partial charge in [-0.1, -0.05) is 80.6 Å². The molecule has 0 unspecified atom stereocenters. The van der Waals surface area contributed by atoms with Crippen LogP contribution in [0.25, 0.3) is 11.1 Å². The minimum atomic E-state index is 0.793. The van der Waals surface area contributed by atoms with E-state index >= 15 is 0 Å². The van der Waals surface area contributed by atoms with Gasteiger partial charge in [-0.15, -0.1) is 0 Å². The summed E-state index contributed by atoms with van der Waals surface area (Å²) in [6.07, 6.45) is 12.6. The topological polar surface area (TPSA) is 0 Å². The van der Waals surface area contributed by atoms with E-state index in [4.69, 9.17) is 0 Å². The molecule has 4 rings (SSSR count). The van der Waals surface area contributed by atoms with Crippen molar-refractivity contribution in [1.29, 1.82) is 0 Å². The van der Waals surface area contributed by atoms with Gasteiger partial charge in [0, 0.05) is 0 Å². The Morgan fingerprint density at radius 3 is 1.83 bits per heavy atom. The Labute approximate surface area is 140 Å². The maximum Gasteiger partial charge on any atom is -0.0162 e. The van der Waals surface area contributed by atoms with Gasteiger partial charge in [-0.3, -0.25) is 0 Å². The third-order valence-corrected chi connectivity index (χ3v) is 6.03. The minimum Gasteiger partial charge on any atom is -0.0614 e. The average Bonchev–Trinajstić information content (AvgIpc) is 3.17. The molecule has 0 N–H and O–H groups in total. The molecule has 0 aromatic heterocycles. The molecule has 2 aliphatic carbocycles. The van der Waals surface area contributed by atoms with E-state index in [9.17, 15) is 0 Å². The Hall–Kier alpha value is -1.56. The van der Waals surface area contributed by atoms with Crippen LogP contribution < -0.4 is 0 Å². The van der Waals surface area contributed by atoms with Crippen LogP contribution in [-0.2, 0) is 0 Å². The third-order valence-electron chi connectivity index (χ3n) is 6.03. The lowest BCUT2D eigenvalue weighted by Crippen LogP contribution is -2.04. The lowest BCUT2D eigenvalue weighted by Gasteiger charge is -2.22. The number of benzene rings is 2. The van der Waals surface area contributed by atoms with Crippen molar-refractivity contribution >= 4 is 0 Å². The van der Waals surface area contributed by atoms with Crippen molar-refractivity contribution in [2.45, 2.75) is 69.6 Å². The monoisotopic (exact) mass is 304 g/mol. The Bertz CT molecular complexity index is 625. The van der Waals surface area contributed by atoms with Gasteiger partial charge in [-0.2, -0.15) is 0 Å². The lowest BCUT2D eigenvalue weighted by atomic mass is 9.83. The van der Waals surface area contributed by atoms with Crippen molar-refractivity contribution in [3.8, 4) is 11.1 Å². The number of hydrogen-bond acceptors (Lipinski definition) is 0. The molecule has 0 heteroatoms. The Morgan fingerprint density at radius 2 is 1.13 bits per heavy atom. The molecule has 2 saturated carbocycles. The van der Waals surface area contributed by atoms with E-state index in [1.807, 2.05) is 0 Å². The molecule has 2 fully saturated rings. The fraction of sp³-hybridized carbons (Fsp3) is 0.478. The van der Waals surface area contributed by atoms with E-state index in [0.717, 1.165) is 11.8 Å². The summed E-state index contributed by atoms with van der Waals surface area (Å²) in [6, 6.07) is 18.7. The number of rotatable bonds is 3. The molecule has 0 spiro atoms. The first-order valence-corrected chi connectivity index (χ1v) is 9.60. The van der Waals surface area contributed by atoms with Crippen LogP contribution in [0.2, 0.25) is 0 Å². The number of hydrogen-bond donors (Lipinski definition) is 0. The van der Waals surface area contributed by atoms with Gasteiger partial charge in [-0.25, -0.2) is 0 Å². The van der Waals surface area contributed by atoms with Crippen LogP contribution in [0.4, 0.5) is 0 Å². The second-order valence-electron chi connectivity index (χ2n) is 7.56. The maximum absolute atomic E-state index is 2.45. The first-order chi connectivity index (χ1) is 11.4. The van der Waals surface area contributed by atoms with Gasteiger partial charge in [-0.05, 0) is 59.8 Å². The van der Waals surface area contributed by atoms with Crippen LogP contribution >= 0.6 is 0 Å². The zero-order valence-corrected chi connectivity index (χ0v) is 14.1. The molecule has 23 heavy (non-hydrogen) atoms. The van der Waals surface area contributed by atoms with E-state index in [0.29, 0.717) is 0 Å². The molecule has 0 saturated heterocycles. The summed E-state index contributed by atoms with van der Waals surface area (Å²) in [5.41, 5.74) is 5.88. The summed E-state index contributed by atoms with van der Waals surface area (Å²) in [6.45, 7) is 0. The smallest absolute Gasteiger partial charge is 0.0162 e. The van der Waals surface area contributed by atoms with Crippen LogP contribution in [0.15, 0.2) is 48.5 Å². The van der Waals surface area contributed by atoms with Crippen LogP contribution in [0, 0.1) is 0 Å². The van der Waals surface area contributed by atoms with Crippen LogP contribution in [0.1, 0.15) is 80.8 Å². The van der Waals surface area contributed by atoms with Gasteiger partial charge < -0.3 is 0 Å². The molecule has 0 heterocycles. The van der Waals surface area contributed by atoms with E-state index < -0.39 is 0 Å². The van der Waals surface area contributed by atoms with Crippen LogP contribution in [-0.4, -0.2) is 0 Å². The molecule has 0 amide bonds. The largest absolute Gasteiger partial charge is 0.0614 e. The summed E-state index contributed by atoms with van der Waals surface area (Å²) in [7, 11) is 0. The SMILES string of the molecule is c1cc(-c2ccc(C3CCCC3)cc2)cc(C2CCCCC2)c1. The van der Waals surface area contributed by atoms with Gasteiger partial charge >= 0.3 is 0 Å². The summed E-state index contributed by atoms with van der Waals surface area (Å²) in [5.74, 6) is 1.61. The minimum absolute atomic E-state index is 0.793. The van der Waals surface area contributed by atoms with Crippen LogP contribution in [0.5, 0.6) is 0 Å². The molecule has 2 aliphatic rings. The molecular weight excluding hydrogens is 276 g/mol. The highest BCUT2D eigenvalue weighted by Gasteiger charge is 2.17. The molecule has 0 nitrogen and oxygen atoms in total. The van der Waals surface area contributed by atoms with E-state index in [1.54, 1.807) is 11.1 Å². The zero-order valence-electron chi connectivity index (χ0n) is 14.1. The van der Waals surface area contributed by atoms with E-state index in [2.05, 4.69) is 48.5 Å². The van der Waals surface area contributed by atoms with E-state index in [-0.39, 0.29) is 0 Å². The van der Waals surface area contributed by atoms with Gasteiger partial charge in [0.15, 0.2) is 0 Å². The molecule has 0 aliphatic heterocycles. The Balaban J connectivity index is 1.55. The maximum atomic E-state index is 2.45. The second-order valence-corrected chi connectivity index (χ2v) is 7.56. The van der Waals surface area contributed by atoms with Gasteiger partial charge in [0.2, 0.25) is 0 Å². The molecule has 0 atom stereocenters. The molecule has 2 aromatic rings.